The maximum atomic E-state index is 9.16. The Bertz CT molecular complexity index is 333. The van der Waals surface area contributed by atoms with Gasteiger partial charge in [0, 0.05) is 16.2 Å². The van der Waals surface area contributed by atoms with Gasteiger partial charge in [-0.1, -0.05) is 5.11 Å². The van der Waals surface area contributed by atoms with Crippen LogP contribution in [0.1, 0.15) is 5.56 Å². The van der Waals surface area contributed by atoms with Gasteiger partial charge in [0.25, 0.3) is 0 Å². The number of nitrogens with zero attached hydrogens (tertiary/aromatic N) is 3. The van der Waals surface area contributed by atoms with Crippen LogP contribution in [0.4, 0.5) is 5.69 Å². The van der Waals surface area contributed by atoms with Crippen molar-refractivity contribution in [3.63, 3.8) is 0 Å². The summed E-state index contributed by atoms with van der Waals surface area (Å²) >= 11 is 0. The second-order valence-electron chi connectivity index (χ2n) is 2.30. The highest BCUT2D eigenvalue weighted by Crippen LogP contribution is 2.31. The normalized spacial score (nSPS) is 9.08. The van der Waals surface area contributed by atoms with Gasteiger partial charge < -0.3 is 10.2 Å². The van der Waals surface area contributed by atoms with Gasteiger partial charge in [0.05, 0.1) is 0 Å². The van der Waals surface area contributed by atoms with Crippen molar-refractivity contribution in [3.05, 3.63) is 28.1 Å². The molecule has 0 amide bonds. The van der Waals surface area contributed by atoms with E-state index in [1.807, 2.05) is 0 Å². The SMILES string of the molecule is Cc1c(O)cc(N=[N+]=[N-])cc1O. The molecule has 0 saturated heterocycles. The number of hydrogen-bond acceptors (Lipinski definition) is 3. The molecule has 12 heavy (non-hydrogen) atoms. The standard InChI is InChI=1S/C7H7N3O2/c1-4-6(11)2-5(9-10-8)3-7(4)12/h2-3,11-12H,1H3. The van der Waals surface area contributed by atoms with E-state index >= 15 is 0 Å². The minimum absolute atomic E-state index is 0.0857. The van der Waals surface area contributed by atoms with E-state index in [2.05, 4.69) is 10.0 Å². The molecule has 0 radical (unpaired) electrons. The number of aromatic hydroxyl groups is 2. The van der Waals surface area contributed by atoms with E-state index in [9.17, 15) is 0 Å². The molecule has 5 nitrogen and oxygen atoms in total. The summed E-state index contributed by atoms with van der Waals surface area (Å²) in [6.45, 7) is 1.56. The van der Waals surface area contributed by atoms with Gasteiger partial charge in [-0.2, -0.15) is 0 Å². The molecule has 0 saturated carbocycles. The Balaban J connectivity index is 3.30. The largest absolute Gasteiger partial charge is 0.508 e. The zero-order valence-electron chi connectivity index (χ0n) is 6.39. The smallest absolute Gasteiger partial charge is 0.122 e. The fourth-order valence-corrected chi connectivity index (χ4v) is 0.779. The lowest BCUT2D eigenvalue weighted by Gasteiger charge is -2.01. The summed E-state index contributed by atoms with van der Waals surface area (Å²) < 4.78 is 0. The molecule has 0 bridgehead atoms. The van der Waals surface area contributed by atoms with E-state index in [1.165, 1.54) is 12.1 Å². The minimum Gasteiger partial charge on any atom is -0.508 e. The Morgan fingerprint density at radius 1 is 1.33 bits per heavy atom. The number of phenols is 2. The monoisotopic (exact) mass is 165 g/mol. The van der Waals surface area contributed by atoms with Crippen molar-refractivity contribution in [3.8, 4) is 11.5 Å². The quantitative estimate of drug-likeness (QED) is 0.380. The summed E-state index contributed by atoms with van der Waals surface area (Å²) in [4.78, 5) is 2.52. The van der Waals surface area contributed by atoms with Crippen LogP contribution in [0, 0.1) is 6.92 Å². The van der Waals surface area contributed by atoms with E-state index in [-0.39, 0.29) is 17.2 Å². The van der Waals surface area contributed by atoms with Crippen LogP contribution in [0.15, 0.2) is 17.2 Å². The third kappa shape index (κ3) is 1.41. The van der Waals surface area contributed by atoms with Crippen LogP contribution < -0.4 is 0 Å². The predicted molar refractivity (Wildman–Crippen MR) is 43.3 cm³/mol. The van der Waals surface area contributed by atoms with Crippen molar-refractivity contribution < 1.29 is 10.2 Å². The van der Waals surface area contributed by atoms with E-state index in [4.69, 9.17) is 15.7 Å². The Morgan fingerprint density at radius 2 is 1.83 bits per heavy atom. The first-order valence-electron chi connectivity index (χ1n) is 3.23. The van der Waals surface area contributed by atoms with Crippen LogP contribution >= 0.6 is 0 Å². The molecule has 0 aliphatic heterocycles. The molecule has 5 heteroatoms. The number of phenolic OH excluding ortho intramolecular Hbond substituents is 2. The third-order valence-electron chi connectivity index (χ3n) is 1.50. The lowest BCUT2D eigenvalue weighted by atomic mass is 10.2. The first-order valence-corrected chi connectivity index (χ1v) is 3.23. The highest BCUT2D eigenvalue weighted by molar-refractivity contribution is 5.54. The Hall–Kier alpha value is -1.87. The number of hydrogen-bond donors (Lipinski definition) is 2. The molecule has 1 rings (SSSR count). The van der Waals surface area contributed by atoms with Crippen molar-refractivity contribution in [2.45, 2.75) is 6.92 Å². The molecule has 2 N–H and O–H groups in total. The summed E-state index contributed by atoms with van der Waals surface area (Å²) in [6, 6.07) is 2.57. The second-order valence-corrected chi connectivity index (χ2v) is 2.30. The number of azide groups is 1. The highest BCUT2D eigenvalue weighted by Gasteiger charge is 2.03. The van der Waals surface area contributed by atoms with E-state index in [0.29, 0.717) is 5.56 Å². The molecule has 0 atom stereocenters. The highest BCUT2D eigenvalue weighted by atomic mass is 16.3. The van der Waals surface area contributed by atoms with E-state index < -0.39 is 0 Å². The summed E-state index contributed by atoms with van der Waals surface area (Å²) in [5, 5.41) is 21.6. The van der Waals surface area contributed by atoms with Crippen molar-refractivity contribution in [2.24, 2.45) is 5.11 Å². The summed E-state index contributed by atoms with van der Waals surface area (Å²) in [5.41, 5.74) is 8.63. The van der Waals surface area contributed by atoms with Crippen molar-refractivity contribution in [2.75, 3.05) is 0 Å². The molecule has 1 aromatic rings. The molecule has 0 unspecified atom stereocenters. The van der Waals surface area contributed by atoms with Crippen LogP contribution in [-0.4, -0.2) is 10.2 Å². The zero-order valence-corrected chi connectivity index (χ0v) is 6.39. The van der Waals surface area contributed by atoms with Gasteiger partial charge in [-0.3, -0.25) is 0 Å². The predicted octanol–water partition coefficient (Wildman–Crippen LogP) is 2.35. The van der Waals surface area contributed by atoms with Gasteiger partial charge in [-0.25, -0.2) is 0 Å². The van der Waals surface area contributed by atoms with Crippen LogP contribution in [-0.2, 0) is 0 Å². The Kier molecular flexibility index (Phi) is 2.07. The van der Waals surface area contributed by atoms with Gasteiger partial charge >= 0.3 is 0 Å². The van der Waals surface area contributed by atoms with Crippen molar-refractivity contribution in [1.29, 1.82) is 0 Å². The zero-order chi connectivity index (χ0) is 9.14. The van der Waals surface area contributed by atoms with Crippen molar-refractivity contribution in [1.82, 2.24) is 0 Å². The Morgan fingerprint density at radius 3 is 2.25 bits per heavy atom. The lowest BCUT2D eigenvalue weighted by Crippen LogP contribution is -1.75. The minimum atomic E-state index is -0.0857. The fourth-order valence-electron chi connectivity index (χ4n) is 0.779. The average molecular weight is 165 g/mol. The fraction of sp³-hybridized carbons (Fsp3) is 0.143. The molecule has 0 fully saturated rings. The molecule has 62 valence electrons. The van der Waals surface area contributed by atoms with E-state index in [0.717, 1.165) is 0 Å². The van der Waals surface area contributed by atoms with Crippen LogP contribution in [0.5, 0.6) is 11.5 Å². The van der Waals surface area contributed by atoms with Gasteiger partial charge in [0.2, 0.25) is 0 Å². The van der Waals surface area contributed by atoms with Gasteiger partial charge in [0.15, 0.2) is 0 Å². The number of rotatable bonds is 1. The molecule has 0 spiro atoms. The Labute approximate surface area is 68.5 Å². The average Bonchev–Trinajstić information content (AvgIpc) is 2.01. The molecule has 0 aromatic heterocycles. The number of benzene rings is 1. The molecular weight excluding hydrogens is 158 g/mol. The maximum Gasteiger partial charge on any atom is 0.122 e. The van der Waals surface area contributed by atoms with Gasteiger partial charge in [0.1, 0.15) is 11.5 Å². The van der Waals surface area contributed by atoms with Gasteiger partial charge in [-0.15, -0.1) is 0 Å². The molecular formula is C7H7N3O2. The van der Waals surface area contributed by atoms with Crippen molar-refractivity contribution >= 4 is 5.69 Å². The van der Waals surface area contributed by atoms with E-state index in [1.54, 1.807) is 6.92 Å². The maximum absolute atomic E-state index is 9.16. The lowest BCUT2D eigenvalue weighted by molar-refractivity contribution is 0.443. The molecule has 0 heterocycles. The molecule has 1 aromatic carbocycles. The third-order valence-corrected chi connectivity index (χ3v) is 1.50. The van der Waals surface area contributed by atoms with Crippen LogP contribution in [0.3, 0.4) is 0 Å². The second kappa shape index (κ2) is 3.02. The molecule has 0 aliphatic carbocycles. The summed E-state index contributed by atoms with van der Waals surface area (Å²) in [6.07, 6.45) is 0. The van der Waals surface area contributed by atoms with Gasteiger partial charge in [-0.05, 0) is 24.6 Å². The summed E-state index contributed by atoms with van der Waals surface area (Å²) in [5.74, 6) is -0.171. The first kappa shape index (κ1) is 8.23. The van der Waals surface area contributed by atoms with Crippen LogP contribution in [0.2, 0.25) is 0 Å². The topological polar surface area (TPSA) is 89.2 Å². The summed E-state index contributed by atoms with van der Waals surface area (Å²) in [7, 11) is 0. The molecule has 0 aliphatic rings. The first-order chi connectivity index (χ1) is 5.65. The van der Waals surface area contributed by atoms with Crippen LogP contribution in [0.25, 0.3) is 10.4 Å².